The SMILES string of the molecule is Nc1cccc(F)c1COc1cccc(Br)c1. The molecule has 0 heterocycles. The van der Waals surface area contributed by atoms with Crippen molar-refractivity contribution in [3.8, 4) is 5.75 Å². The van der Waals surface area contributed by atoms with E-state index in [4.69, 9.17) is 10.5 Å². The first-order chi connectivity index (χ1) is 8.16. The molecule has 0 saturated carbocycles. The fourth-order valence-electron chi connectivity index (χ4n) is 1.44. The number of benzene rings is 2. The predicted octanol–water partition coefficient (Wildman–Crippen LogP) is 3.75. The van der Waals surface area contributed by atoms with Crippen molar-refractivity contribution in [3.63, 3.8) is 0 Å². The molecule has 2 aromatic rings. The van der Waals surface area contributed by atoms with Gasteiger partial charge in [0.25, 0.3) is 0 Å². The van der Waals surface area contributed by atoms with E-state index >= 15 is 0 Å². The normalized spacial score (nSPS) is 10.2. The Balaban J connectivity index is 2.13. The third-order valence-corrected chi connectivity index (χ3v) is 2.83. The lowest BCUT2D eigenvalue weighted by Gasteiger charge is -2.09. The largest absolute Gasteiger partial charge is 0.489 e. The molecule has 2 N–H and O–H groups in total. The van der Waals surface area contributed by atoms with Crippen molar-refractivity contribution in [2.45, 2.75) is 6.61 Å². The van der Waals surface area contributed by atoms with Gasteiger partial charge >= 0.3 is 0 Å². The number of nitrogens with two attached hydrogens (primary N) is 1. The molecule has 0 spiro atoms. The van der Waals surface area contributed by atoms with Crippen molar-refractivity contribution >= 4 is 21.6 Å². The molecule has 0 fully saturated rings. The molecule has 2 rings (SSSR count). The fourth-order valence-corrected chi connectivity index (χ4v) is 1.82. The lowest BCUT2D eigenvalue weighted by molar-refractivity contribution is 0.300. The van der Waals surface area contributed by atoms with Gasteiger partial charge in [0.2, 0.25) is 0 Å². The number of nitrogen functional groups attached to an aromatic ring is 1. The molecule has 4 heteroatoms. The lowest BCUT2D eigenvalue weighted by atomic mass is 10.2. The Bertz CT molecular complexity index is 510. The van der Waals surface area contributed by atoms with Crippen LogP contribution in [-0.4, -0.2) is 0 Å². The third kappa shape index (κ3) is 2.97. The average Bonchev–Trinajstić information content (AvgIpc) is 2.28. The highest BCUT2D eigenvalue weighted by atomic mass is 79.9. The van der Waals surface area contributed by atoms with Gasteiger partial charge in [-0.3, -0.25) is 0 Å². The summed E-state index contributed by atoms with van der Waals surface area (Å²) >= 11 is 3.34. The zero-order valence-electron chi connectivity index (χ0n) is 8.99. The lowest BCUT2D eigenvalue weighted by Crippen LogP contribution is -2.03. The minimum Gasteiger partial charge on any atom is -0.489 e. The van der Waals surface area contributed by atoms with Gasteiger partial charge in [0.15, 0.2) is 0 Å². The van der Waals surface area contributed by atoms with Crippen LogP contribution in [0.15, 0.2) is 46.9 Å². The Morgan fingerprint density at radius 3 is 2.65 bits per heavy atom. The quantitative estimate of drug-likeness (QED) is 0.875. The Morgan fingerprint density at radius 1 is 1.18 bits per heavy atom. The standard InChI is InChI=1S/C13H11BrFNO/c14-9-3-1-4-10(7-9)17-8-11-12(15)5-2-6-13(11)16/h1-7H,8,16H2. The van der Waals surface area contributed by atoms with Crippen LogP contribution in [0.25, 0.3) is 0 Å². The molecule has 0 aliphatic carbocycles. The van der Waals surface area contributed by atoms with E-state index in [1.807, 2.05) is 24.3 Å². The van der Waals surface area contributed by atoms with Gasteiger partial charge in [-0.2, -0.15) is 0 Å². The van der Waals surface area contributed by atoms with Crippen LogP contribution in [0.5, 0.6) is 5.75 Å². The third-order valence-electron chi connectivity index (χ3n) is 2.33. The topological polar surface area (TPSA) is 35.2 Å². The molecular formula is C13H11BrFNO. The summed E-state index contributed by atoms with van der Waals surface area (Å²) in [7, 11) is 0. The number of ether oxygens (including phenoxy) is 1. The van der Waals surface area contributed by atoms with Crippen LogP contribution < -0.4 is 10.5 Å². The Morgan fingerprint density at radius 2 is 1.94 bits per heavy atom. The summed E-state index contributed by atoms with van der Waals surface area (Å²) < 4.78 is 19.9. The number of halogens is 2. The monoisotopic (exact) mass is 295 g/mol. The Labute approximate surface area is 107 Å². The van der Waals surface area contributed by atoms with E-state index < -0.39 is 0 Å². The molecule has 0 aliphatic heterocycles. The molecule has 0 radical (unpaired) electrons. The first-order valence-electron chi connectivity index (χ1n) is 5.08. The van der Waals surface area contributed by atoms with E-state index in [1.54, 1.807) is 12.1 Å². The molecule has 88 valence electrons. The molecule has 2 aromatic carbocycles. The summed E-state index contributed by atoms with van der Waals surface area (Å²) in [5, 5.41) is 0. The summed E-state index contributed by atoms with van der Waals surface area (Å²) in [5.74, 6) is 0.321. The van der Waals surface area contributed by atoms with Crippen LogP contribution in [0.1, 0.15) is 5.56 Å². The second-order valence-corrected chi connectivity index (χ2v) is 4.47. The van der Waals surface area contributed by atoms with Gasteiger partial charge in [0, 0.05) is 15.7 Å². The molecule has 17 heavy (non-hydrogen) atoms. The Kier molecular flexibility index (Phi) is 3.64. The van der Waals surface area contributed by atoms with Gasteiger partial charge in [0.05, 0.1) is 0 Å². The van der Waals surface area contributed by atoms with Crippen LogP contribution in [0.3, 0.4) is 0 Å². The second-order valence-electron chi connectivity index (χ2n) is 3.55. The molecule has 0 aromatic heterocycles. The summed E-state index contributed by atoms with van der Waals surface area (Å²) in [4.78, 5) is 0. The molecule has 0 amide bonds. The Hall–Kier alpha value is -1.55. The average molecular weight is 296 g/mol. The van der Waals surface area contributed by atoms with Crippen LogP contribution in [0.2, 0.25) is 0 Å². The maximum Gasteiger partial charge on any atom is 0.131 e. The molecule has 0 saturated heterocycles. The van der Waals surface area contributed by atoms with Crippen molar-refractivity contribution in [1.82, 2.24) is 0 Å². The number of hydrogen-bond acceptors (Lipinski definition) is 2. The number of hydrogen-bond donors (Lipinski definition) is 1. The van der Waals surface area contributed by atoms with Crippen LogP contribution >= 0.6 is 15.9 Å². The van der Waals surface area contributed by atoms with E-state index in [2.05, 4.69) is 15.9 Å². The minimum atomic E-state index is -0.347. The maximum absolute atomic E-state index is 13.5. The highest BCUT2D eigenvalue weighted by molar-refractivity contribution is 9.10. The zero-order chi connectivity index (χ0) is 12.3. The van der Waals surface area contributed by atoms with Crippen LogP contribution in [0, 0.1) is 5.82 Å². The number of anilines is 1. The van der Waals surface area contributed by atoms with Gasteiger partial charge in [-0.1, -0.05) is 28.1 Å². The first-order valence-corrected chi connectivity index (χ1v) is 5.87. The fraction of sp³-hybridized carbons (Fsp3) is 0.0769. The van der Waals surface area contributed by atoms with Crippen molar-refractivity contribution in [3.05, 3.63) is 58.3 Å². The summed E-state index contributed by atoms with van der Waals surface area (Å²) in [5.41, 5.74) is 6.47. The van der Waals surface area contributed by atoms with Gasteiger partial charge in [-0.15, -0.1) is 0 Å². The van der Waals surface area contributed by atoms with E-state index in [9.17, 15) is 4.39 Å². The highest BCUT2D eigenvalue weighted by Crippen LogP contribution is 2.21. The molecule has 0 atom stereocenters. The summed E-state index contributed by atoms with van der Waals surface area (Å²) in [6.45, 7) is 0.120. The van der Waals surface area contributed by atoms with Crippen molar-refractivity contribution in [1.29, 1.82) is 0 Å². The van der Waals surface area contributed by atoms with E-state index in [-0.39, 0.29) is 12.4 Å². The van der Waals surface area contributed by atoms with Crippen LogP contribution in [-0.2, 0) is 6.61 Å². The number of rotatable bonds is 3. The van der Waals surface area contributed by atoms with Gasteiger partial charge in [0.1, 0.15) is 18.2 Å². The van der Waals surface area contributed by atoms with Gasteiger partial charge in [-0.25, -0.2) is 4.39 Å². The maximum atomic E-state index is 13.5. The zero-order valence-corrected chi connectivity index (χ0v) is 10.6. The first kappa shape index (κ1) is 11.9. The van der Waals surface area contributed by atoms with Gasteiger partial charge in [-0.05, 0) is 30.3 Å². The highest BCUT2D eigenvalue weighted by Gasteiger charge is 2.06. The molecule has 0 unspecified atom stereocenters. The second kappa shape index (κ2) is 5.19. The summed E-state index contributed by atoms with van der Waals surface area (Å²) in [6.07, 6.45) is 0. The minimum absolute atomic E-state index is 0.120. The van der Waals surface area contributed by atoms with E-state index in [0.717, 1.165) is 4.47 Å². The molecule has 2 nitrogen and oxygen atoms in total. The predicted molar refractivity (Wildman–Crippen MR) is 69.3 cm³/mol. The van der Waals surface area contributed by atoms with Crippen molar-refractivity contribution in [2.75, 3.05) is 5.73 Å². The smallest absolute Gasteiger partial charge is 0.131 e. The van der Waals surface area contributed by atoms with Crippen LogP contribution in [0.4, 0.5) is 10.1 Å². The molecule has 0 aliphatic rings. The van der Waals surface area contributed by atoms with E-state index in [1.165, 1.54) is 6.07 Å². The van der Waals surface area contributed by atoms with Crippen molar-refractivity contribution < 1.29 is 9.13 Å². The van der Waals surface area contributed by atoms with E-state index in [0.29, 0.717) is 17.0 Å². The summed E-state index contributed by atoms with van der Waals surface area (Å²) in [6, 6.07) is 12.0. The van der Waals surface area contributed by atoms with Crippen molar-refractivity contribution in [2.24, 2.45) is 0 Å². The van der Waals surface area contributed by atoms with Gasteiger partial charge < -0.3 is 10.5 Å². The molecule has 0 bridgehead atoms. The molecular weight excluding hydrogens is 285 g/mol.